The minimum atomic E-state index is -3.56. The first-order chi connectivity index (χ1) is 9.55. The first-order valence-corrected chi connectivity index (χ1v) is 9.10. The predicted octanol–water partition coefficient (Wildman–Crippen LogP) is 0.802. The lowest BCUT2D eigenvalue weighted by molar-refractivity contribution is -0.120. The van der Waals surface area contributed by atoms with Crippen LogP contribution in [0.5, 0.6) is 0 Å². The third-order valence-corrected chi connectivity index (χ3v) is 5.24. The number of nitrogens with one attached hydrogen (secondary N) is 3. The van der Waals surface area contributed by atoms with Crippen LogP contribution in [-0.2, 0) is 15.0 Å². The molecule has 0 aromatic rings. The number of carbonyl (C=O) groups excluding carboxylic acids is 1. The Bertz CT molecular complexity index is 413. The van der Waals surface area contributed by atoms with E-state index in [-0.39, 0.29) is 24.5 Å². The summed E-state index contributed by atoms with van der Waals surface area (Å²) in [7, 11) is -3.56. The average Bonchev–Trinajstić information content (AvgIpc) is 2.90. The number of hydrogen-bond donors (Lipinski definition) is 3. The summed E-state index contributed by atoms with van der Waals surface area (Å²) in [4.78, 5) is 11.7. The van der Waals surface area contributed by atoms with Gasteiger partial charge in [-0.05, 0) is 25.7 Å². The minimum Gasteiger partial charge on any atom is -0.352 e. The van der Waals surface area contributed by atoms with Crippen molar-refractivity contribution in [1.82, 2.24) is 14.8 Å². The van der Waals surface area contributed by atoms with Gasteiger partial charge in [0.25, 0.3) is 10.2 Å². The summed E-state index contributed by atoms with van der Waals surface area (Å²) in [5.41, 5.74) is 0. The standard InChI is InChI=1S/C13H25N3O3S/c17-13(15-11-6-2-1-3-7-11)10-14-20(18,19)16-12-8-4-5-9-12/h11-12,14,16H,1-10H2,(H,15,17). The lowest BCUT2D eigenvalue weighted by Gasteiger charge is -2.22. The molecule has 1 amide bonds. The smallest absolute Gasteiger partial charge is 0.277 e. The van der Waals surface area contributed by atoms with Crippen LogP contribution in [0.2, 0.25) is 0 Å². The van der Waals surface area contributed by atoms with Crippen LogP contribution >= 0.6 is 0 Å². The fourth-order valence-corrected chi connectivity index (χ4v) is 4.07. The Morgan fingerprint density at radius 2 is 1.45 bits per heavy atom. The Kier molecular flexibility index (Phi) is 5.80. The van der Waals surface area contributed by atoms with E-state index in [4.69, 9.17) is 0 Å². The van der Waals surface area contributed by atoms with Gasteiger partial charge < -0.3 is 5.32 Å². The molecule has 0 spiro atoms. The zero-order chi connectivity index (χ0) is 14.4. The molecule has 0 aliphatic heterocycles. The second-order valence-corrected chi connectivity index (χ2v) is 7.36. The lowest BCUT2D eigenvalue weighted by Crippen LogP contribution is -2.47. The number of hydrogen-bond acceptors (Lipinski definition) is 3. The Morgan fingerprint density at radius 1 is 0.900 bits per heavy atom. The molecule has 0 aromatic heterocycles. The van der Waals surface area contributed by atoms with Gasteiger partial charge in [0.05, 0.1) is 6.54 Å². The van der Waals surface area contributed by atoms with Gasteiger partial charge in [0.2, 0.25) is 5.91 Å². The van der Waals surface area contributed by atoms with Crippen LogP contribution in [0, 0.1) is 0 Å². The summed E-state index contributed by atoms with van der Waals surface area (Å²) < 4.78 is 28.5. The fourth-order valence-electron chi connectivity index (χ4n) is 2.99. The van der Waals surface area contributed by atoms with E-state index < -0.39 is 10.2 Å². The van der Waals surface area contributed by atoms with Crippen molar-refractivity contribution in [2.45, 2.75) is 69.9 Å². The third kappa shape index (κ3) is 5.38. The zero-order valence-corrected chi connectivity index (χ0v) is 12.7. The Labute approximate surface area is 121 Å². The second kappa shape index (κ2) is 7.38. The maximum Gasteiger partial charge on any atom is 0.277 e. The van der Waals surface area contributed by atoms with Crippen molar-refractivity contribution in [1.29, 1.82) is 0 Å². The van der Waals surface area contributed by atoms with Gasteiger partial charge in [-0.15, -0.1) is 0 Å². The molecular formula is C13H25N3O3S. The van der Waals surface area contributed by atoms with Crippen molar-refractivity contribution in [3.8, 4) is 0 Å². The fraction of sp³-hybridized carbons (Fsp3) is 0.923. The van der Waals surface area contributed by atoms with Crippen LogP contribution in [0.15, 0.2) is 0 Å². The zero-order valence-electron chi connectivity index (χ0n) is 11.9. The van der Waals surface area contributed by atoms with Gasteiger partial charge in [0.15, 0.2) is 0 Å². The van der Waals surface area contributed by atoms with Crippen LogP contribution in [0.3, 0.4) is 0 Å². The highest BCUT2D eigenvalue weighted by atomic mass is 32.2. The summed E-state index contributed by atoms with van der Waals surface area (Å²) in [5.74, 6) is -0.242. The summed E-state index contributed by atoms with van der Waals surface area (Å²) >= 11 is 0. The number of amides is 1. The highest BCUT2D eigenvalue weighted by molar-refractivity contribution is 7.87. The van der Waals surface area contributed by atoms with E-state index in [1.807, 2.05) is 0 Å². The third-order valence-electron chi connectivity index (χ3n) is 4.07. The van der Waals surface area contributed by atoms with Crippen LogP contribution in [0.1, 0.15) is 57.8 Å². The molecule has 2 saturated carbocycles. The molecule has 0 bridgehead atoms. The molecule has 0 saturated heterocycles. The minimum absolute atomic E-state index is 0.0221. The van der Waals surface area contributed by atoms with Crippen molar-refractivity contribution in [3.63, 3.8) is 0 Å². The molecule has 7 heteroatoms. The van der Waals surface area contributed by atoms with Crippen molar-refractivity contribution in [2.24, 2.45) is 0 Å². The first-order valence-electron chi connectivity index (χ1n) is 7.61. The molecular weight excluding hydrogens is 278 g/mol. The van der Waals surface area contributed by atoms with E-state index in [0.717, 1.165) is 51.4 Å². The van der Waals surface area contributed by atoms with Gasteiger partial charge in [-0.2, -0.15) is 17.9 Å². The Morgan fingerprint density at radius 3 is 2.10 bits per heavy atom. The highest BCUT2D eigenvalue weighted by Gasteiger charge is 2.22. The molecule has 3 N–H and O–H groups in total. The van der Waals surface area contributed by atoms with Crippen LogP contribution < -0.4 is 14.8 Å². The molecule has 0 unspecified atom stereocenters. The molecule has 2 rings (SSSR count). The van der Waals surface area contributed by atoms with Gasteiger partial charge in [-0.25, -0.2) is 0 Å². The van der Waals surface area contributed by atoms with Gasteiger partial charge in [0.1, 0.15) is 0 Å². The van der Waals surface area contributed by atoms with E-state index in [2.05, 4.69) is 14.8 Å². The van der Waals surface area contributed by atoms with Crippen molar-refractivity contribution < 1.29 is 13.2 Å². The predicted molar refractivity (Wildman–Crippen MR) is 77.3 cm³/mol. The monoisotopic (exact) mass is 303 g/mol. The van der Waals surface area contributed by atoms with Crippen LogP contribution in [-0.4, -0.2) is 33.0 Å². The van der Waals surface area contributed by atoms with Gasteiger partial charge in [-0.3, -0.25) is 4.79 Å². The van der Waals surface area contributed by atoms with E-state index in [1.54, 1.807) is 0 Å². The molecule has 6 nitrogen and oxygen atoms in total. The van der Waals surface area contributed by atoms with E-state index in [1.165, 1.54) is 6.42 Å². The van der Waals surface area contributed by atoms with E-state index in [9.17, 15) is 13.2 Å². The van der Waals surface area contributed by atoms with Crippen molar-refractivity contribution in [3.05, 3.63) is 0 Å². The summed E-state index contributed by atoms with van der Waals surface area (Å²) in [5, 5.41) is 2.89. The maximum atomic E-state index is 11.8. The van der Waals surface area contributed by atoms with Gasteiger partial charge in [-0.1, -0.05) is 32.1 Å². The second-order valence-electron chi connectivity index (χ2n) is 5.83. The summed E-state index contributed by atoms with van der Waals surface area (Å²) in [6.07, 6.45) is 9.40. The Hall–Kier alpha value is -0.660. The molecule has 2 aliphatic carbocycles. The molecule has 0 radical (unpaired) electrons. The number of carbonyl (C=O) groups is 1. The summed E-state index contributed by atoms with van der Waals surface area (Å²) in [6, 6.07) is 0.234. The van der Waals surface area contributed by atoms with Gasteiger partial charge >= 0.3 is 0 Å². The van der Waals surface area contributed by atoms with Crippen LogP contribution in [0.4, 0.5) is 0 Å². The number of rotatable bonds is 6. The SMILES string of the molecule is O=C(CNS(=O)(=O)NC1CCCC1)NC1CCCCC1. The molecule has 2 fully saturated rings. The maximum absolute atomic E-state index is 11.8. The van der Waals surface area contributed by atoms with E-state index in [0.29, 0.717) is 0 Å². The highest BCUT2D eigenvalue weighted by Crippen LogP contribution is 2.18. The first kappa shape index (κ1) is 15.7. The quantitative estimate of drug-likeness (QED) is 0.678. The van der Waals surface area contributed by atoms with Gasteiger partial charge in [0, 0.05) is 12.1 Å². The molecule has 0 atom stereocenters. The van der Waals surface area contributed by atoms with Crippen molar-refractivity contribution >= 4 is 16.1 Å². The largest absolute Gasteiger partial charge is 0.352 e. The van der Waals surface area contributed by atoms with Crippen LogP contribution in [0.25, 0.3) is 0 Å². The molecule has 20 heavy (non-hydrogen) atoms. The molecule has 116 valence electrons. The molecule has 0 aromatic carbocycles. The lowest BCUT2D eigenvalue weighted by atomic mass is 9.95. The summed E-state index contributed by atoms with van der Waals surface area (Å²) in [6.45, 7) is -0.182. The molecule has 0 heterocycles. The Balaban J connectivity index is 1.68. The topological polar surface area (TPSA) is 87.3 Å². The molecule has 2 aliphatic rings. The van der Waals surface area contributed by atoms with Crippen molar-refractivity contribution in [2.75, 3.05) is 6.54 Å². The normalized spacial score (nSPS) is 22.0. The van der Waals surface area contributed by atoms with E-state index >= 15 is 0 Å². The average molecular weight is 303 g/mol.